The number of hydrogen-bond donors (Lipinski definition) is 0. The Bertz CT molecular complexity index is 378. The van der Waals surface area contributed by atoms with Crippen molar-refractivity contribution in [2.75, 3.05) is 5.33 Å². The molecular weight excluding hydrogens is 300 g/mol. The van der Waals surface area contributed by atoms with Crippen LogP contribution in [0.1, 0.15) is 57.4 Å². The first kappa shape index (κ1) is 15.1. The van der Waals surface area contributed by atoms with Crippen molar-refractivity contribution in [2.24, 2.45) is 18.4 Å². The number of aryl methyl sites for hydroxylation is 1. The second-order valence-electron chi connectivity index (χ2n) is 6.42. The summed E-state index contributed by atoms with van der Waals surface area (Å²) in [4.78, 5) is 0. The second-order valence-corrected chi connectivity index (χ2v) is 6.98. The molecule has 0 aliphatic heterocycles. The highest BCUT2D eigenvalue weighted by molar-refractivity contribution is 9.09. The van der Waals surface area contributed by atoms with Crippen molar-refractivity contribution in [1.29, 1.82) is 0 Å². The Labute approximate surface area is 126 Å². The minimum absolute atomic E-state index is 0.478. The van der Waals surface area contributed by atoms with Gasteiger partial charge in [-0.05, 0) is 49.0 Å². The molecule has 0 aromatic carbocycles. The summed E-state index contributed by atoms with van der Waals surface area (Å²) in [5, 5.41) is 5.44. The van der Waals surface area contributed by atoms with Gasteiger partial charge in [-0.2, -0.15) is 5.10 Å². The second kappa shape index (κ2) is 6.92. The number of rotatable bonds is 6. The lowest BCUT2D eigenvalue weighted by atomic mass is 9.68. The quantitative estimate of drug-likeness (QED) is 0.691. The van der Waals surface area contributed by atoms with Crippen molar-refractivity contribution < 1.29 is 0 Å². The van der Waals surface area contributed by atoms with Crippen molar-refractivity contribution in [3.05, 3.63) is 18.0 Å². The highest BCUT2D eigenvalue weighted by Crippen LogP contribution is 2.44. The van der Waals surface area contributed by atoms with Crippen LogP contribution < -0.4 is 0 Å². The average molecular weight is 327 g/mol. The number of halogens is 1. The Hall–Kier alpha value is -0.310. The maximum absolute atomic E-state index is 4.30. The number of unbranched alkanes of at least 4 members (excludes halogenated alkanes) is 1. The normalized spacial score (nSPS) is 27.6. The first-order chi connectivity index (χ1) is 9.17. The van der Waals surface area contributed by atoms with Crippen molar-refractivity contribution >= 4 is 15.9 Å². The van der Waals surface area contributed by atoms with Crippen LogP contribution in [0.3, 0.4) is 0 Å². The fraction of sp³-hybridized carbons (Fsp3) is 0.812. The molecule has 0 amide bonds. The molecule has 0 bridgehead atoms. The van der Waals surface area contributed by atoms with Crippen LogP contribution in [0.5, 0.6) is 0 Å². The summed E-state index contributed by atoms with van der Waals surface area (Å²) >= 11 is 3.78. The number of aromatic nitrogens is 2. The molecule has 19 heavy (non-hydrogen) atoms. The maximum atomic E-state index is 4.30. The molecule has 108 valence electrons. The third kappa shape index (κ3) is 4.08. The first-order valence-electron chi connectivity index (χ1n) is 7.71. The minimum atomic E-state index is 0.478. The van der Waals surface area contributed by atoms with Gasteiger partial charge in [0.25, 0.3) is 0 Å². The number of hydrogen-bond acceptors (Lipinski definition) is 1. The van der Waals surface area contributed by atoms with Crippen LogP contribution in [0, 0.1) is 11.3 Å². The van der Waals surface area contributed by atoms with E-state index in [1.807, 2.05) is 17.9 Å². The van der Waals surface area contributed by atoms with E-state index in [1.165, 1.54) is 56.9 Å². The monoisotopic (exact) mass is 326 g/mol. The van der Waals surface area contributed by atoms with Crippen molar-refractivity contribution in [1.82, 2.24) is 9.78 Å². The van der Waals surface area contributed by atoms with E-state index in [9.17, 15) is 0 Å². The van der Waals surface area contributed by atoms with Gasteiger partial charge >= 0.3 is 0 Å². The summed E-state index contributed by atoms with van der Waals surface area (Å²) in [5.74, 6) is 0.987. The summed E-state index contributed by atoms with van der Waals surface area (Å²) in [6.45, 7) is 2.30. The smallest absolute Gasteiger partial charge is 0.0521 e. The van der Waals surface area contributed by atoms with Crippen molar-refractivity contribution in [3.8, 4) is 0 Å². The summed E-state index contributed by atoms with van der Waals surface area (Å²) in [7, 11) is 2.01. The average Bonchev–Trinajstić information content (AvgIpc) is 2.83. The van der Waals surface area contributed by atoms with Crippen LogP contribution >= 0.6 is 15.9 Å². The zero-order valence-corrected chi connectivity index (χ0v) is 14.0. The molecule has 0 radical (unpaired) electrons. The Morgan fingerprint density at radius 2 is 2.16 bits per heavy atom. The molecule has 0 atom stereocenters. The van der Waals surface area contributed by atoms with Gasteiger partial charge in [-0.15, -0.1) is 0 Å². The minimum Gasteiger partial charge on any atom is -0.276 e. The Kier molecular flexibility index (Phi) is 5.49. The van der Waals surface area contributed by atoms with E-state index in [0.717, 1.165) is 11.2 Å². The molecule has 1 aromatic rings. The highest BCUT2D eigenvalue weighted by Gasteiger charge is 2.34. The topological polar surface area (TPSA) is 17.8 Å². The van der Waals surface area contributed by atoms with Crippen molar-refractivity contribution in [2.45, 2.75) is 58.3 Å². The summed E-state index contributed by atoms with van der Waals surface area (Å²) in [6, 6.07) is 0. The lowest BCUT2D eigenvalue weighted by Crippen LogP contribution is -2.31. The van der Waals surface area contributed by atoms with Gasteiger partial charge in [0.2, 0.25) is 0 Å². The fourth-order valence-electron chi connectivity index (χ4n) is 3.43. The number of nitrogens with zero attached hydrogens (tertiary/aromatic N) is 2. The van der Waals surface area contributed by atoms with Crippen molar-refractivity contribution in [3.63, 3.8) is 0 Å². The molecule has 0 spiro atoms. The van der Waals surface area contributed by atoms with Gasteiger partial charge in [0.1, 0.15) is 0 Å². The molecule has 1 aliphatic rings. The fourth-order valence-corrected chi connectivity index (χ4v) is 4.18. The summed E-state index contributed by atoms with van der Waals surface area (Å²) in [5.41, 5.74) is 1.88. The molecule has 3 heteroatoms. The van der Waals surface area contributed by atoms with E-state index >= 15 is 0 Å². The maximum Gasteiger partial charge on any atom is 0.0521 e. The Morgan fingerprint density at radius 1 is 1.42 bits per heavy atom. The van der Waals surface area contributed by atoms with E-state index < -0.39 is 0 Å². The van der Waals surface area contributed by atoms with Gasteiger partial charge in [-0.25, -0.2) is 0 Å². The van der Waals surface area contributed by atoms with Crippen LogP contribution in [0.2, 0.25) is 0 Å². The van der Waals surface area contributed by atoms with Gasteiger partial charge in [-0.3, -0.25) is 4.68 Å². The van der Waals surface area contributed by atoms with Gasteiger partial charge in [0, 0.05) is 18.6 Å². The molecule has 1 saturated carbocycles. The molecule has 0 saturated heterocycles. The van der Waals surface area contributed by atoms with Crippen LogP contribution in [-0.4, -0.2) is 15.1 Å². The van der Waals surface area contributed by atoms with Crippen LogP contribution in [-0.2, 0) is 13.5 Å². The number of alkyl halides is 1. The Morgan fingerprint density at radius 3 is 2.68 bits per heavy atom. The van der Waals surface area contributed by atoms with Gasteiger partial charge < -0.3 is 0 Å². The molecule has 1 heterocycles. The molecule has 2 nitrogen and oxygen atoms in total. The SMILES string of the molecule is CCCCC1CCC(CBr)(Cc2cnn(C)c2)CC1. The first-order valence-corrected chi connectivity index (χ1v) is 8.83. The predicted octanol–water partition coefficient (Wildman–Crippen LogP) is 4.72. The van der Waals surface area contributed by atoms with Gasteiger partial charge in [-0.1, -0.05) is 42.1 Å². The van der Waals surface area contributed by atoms with E-state index in [1.54, 1.807) is 0 Å². The van der Waals surface area contributed by atoms with E-state index in [2.05, 4.69) is 34.1 Å². The van der Waals surface area contributed by atoms with Crippen LogP contribution in [0.15, 0.2) is 12.4 Å². The van der Waals surface area contributed by atoms with Gasteiger partial charge in [0.05, 0.1) is 6.20 Å². The van der Waals surface area contributed by atoms with E-state index in [0.29, 0.717) is 5.41 Å². The molecular formula is C16H27BrN2. The molecule has 2 rings (SSSR count). The van der Waals surface area contributed by atoms with E-state index in [-0.39, 0.29) is 0 Å². The van der Waals surface area contributed by atoms with Crippen LogP contribution in [0.4, 0.5) is 0 Å². The lowest BCUT2D eigenvalue weighted by Gasteiger charge is -2.39. The summed E-state index contributed by atoms with van der Waals surface area (Å²) in [6.07, 6.45) is 15.2. The third-order valence-electron chi connectivity index (χ3n) is 4.75. The Balaban J connectivity index is 1.90. The third-order valence-corrected chi connectivity index (χ3v) is 5.94. The zero-order chi connectivity index (χ0) is 13.7. The summed E-state index contributed by atoms with van der Waals surface area (Å²) < 4.78 is 1.92. The van der Waals surface area contributed by atoms with Crippen LogP contribution in [0.25, 0.3) is 0 Å². The lowest BCUT2D eigenvalue weighted by molar-refractivity contribution is 0.168. The molecule has 1 aliphatic carbocycles. The highest BCUT2D eigenvalue weighted by atomic mass is 79.9. The molecule has 0 unspecified atom stereocenters. The zero-order valence-electron chi connectivity index (χ0n) is 12.4. The largest absolute Gasteiger partial charge is 0.276 e. The molecule has 0 N–H and O–H groups in total. The molecule has 1 aromatic heterocycles. The van der Waals surface area contributed by atoms with Gasteiger partial charge in [0.15, 0.2) is 0 Å². The molecule has 1 fully saturated rings. The predicted molar refractivity (Wildman–Crippen MR) is 84.6 cm³/mol. The van der Waals surface area contributed by atoms with E-state index in [4.69, 9.17) is 0 Å². The standard InChI is InChI=1S/C16H27BrN2/c1-3-4-5-14-6-8-16(13-17,9-7-14)10-15-11-18-19(2)12-15/h11-12,14H,3-10,13H2,1-2H3.